The average Bonchev–Trinajstić information content (AvgIpc) is 3.21. The summed E-state index contributed by atoms with van der Waals surface area (Å²) in [5, 5.41) is 20.3. The highest BCUT2D eigenvalue weighted by Gasteiger charge is 2.31. The molecule has 0 aliphatic heterocycles. The molecule has 0 saturated heterocycles. The monoisotopic (exact) mass is 309 g/mol. The second-order valence-corrected chi connectivity index (χ2v) is 7.32. The lowest BCUT2D eigenvalue weighted by Gasteiger charge is -2.26. The van der Waals surface area contributed by atoms with Crippen molar-refractivity contribution in [3.05, 3.63) is 10.5 Å². The van der Waals surface area contributed by atoms with Crippen molar-refractivity contribution in [1.29, 1.82) is 5.26 Å². The minimum atomic E-state index is -0.538. The van der Waals surface area contributed by atoms with Gasteiger partial charge in [0.1, 0.15) is 5.54 Å². The van der Waals surface area contributed by atoms with Crippen LogP contribution in [0.25, 0.3) is 0 Å². The molecule has 1 aromatic rings. The third-order valence-electron chi connectivity index (χ3n) is 3.60. The number of nitrogens with one attached hydrogen (secondary N) is 2. The molecule has 0 spiro atoms. The number of aromatic amines is 1. The molecule has 0 radical (unpaired) electrons. The fraction of sp³-hybridized carbons (Fsp3) is 0.786. The summed E-state index contributed by atoms with van der Waals surface area (Å²) in [6, 6.07) is 2.68. The lowest BCUT2D eigenvalue weighted by atomic mass is 9.98. The van der Waals surface area contributed by atoms with Crippen LogP contribution in [0.15, 0.2) is 9.95 Å². The number of rotatable bonds is 8. The lowest BCUT2D eigenvalue weighted by molar-refractivity contribution is 0.418. The topological polar surface area (TPSA) is 86.5 Å². The molecule has 1 aliphatic rings. The van der Waals surface area contributed by atoms with E-state index in [1.165, 1.54) is 0 Å². The van der Waals surface area contributed by atoms with Crippen molar-refractivity contribution in [2.75, 3.05) is 6.54 Å². The Labute approximate surface area is 129 Å². The van der Waals surface area contributed by atoms with E-state index in [9.17, 15) is 10.1 Å². The minimum Gasteiger partial charge on any atom is -0.300 e. The fourth-order valence-corrected chi connectivity index (χ4v) is 3.60. The number of nitrogens with zero attached hydrogens (tertiary/aromatic N) is 3. The molecule has 2 atom stereocenters. The van der Waals surface area contributed by atoms with Crippen LogP contribution in [0.1, 0.15) is 52.5 Å². The van der Waals surface area contributed by atoms with Gasteiger partial charge in [0.2, 0.25) is 0 Å². The van der Waals surface area contributed by atoms with Gasteiger partial charge in [0.25, 0.3) is 0 Å². The molecule has 2 N–H and O–H groups in total. The number of H-pyrrole nitrogens is 1. The molecule has 1 aromatic heterocycles. The molecule has 7 heteroatoms. The number of hydrogen-bond donors (Lipinski definition) is 2. The van der Waals surface area contributed by atoms with E-state index in [1.807, 2.05) is 6.92 Å². The second kappa shape index (κ2) is 6.67. The van der Waals surface area contributed by atoms with Gasteiger partial charge in [0.15, 0.2) is 5.16 Å². The van der Waals surface area contributed by atoms with Crippen molar-refractivity contribution in [3.8, 4) is 6.07 Å². The highest BCUT2D eigenvalue weighted by atomic mass is 32.2. The fourth-order valence-electron chi connectivity index (χ4n) is 2.38. The normalized spacial score (nSPS) is 19.0. The highest BCUT2D eigenvalue weighted by Crippen LogP contribution is 2.37. The zero-order valence-electron chi connectivity index (χ0n) is 12.8. The molecular formula is C14H23N5OS. The van der Waals surface area contributed by atoms with Crippen molar-refractivity contribution in [2.24, 2.45) is 0 Å². The van der Waals surface area contributed by atoms with Crippen LogP contribution in [0.5, 0.6) is 0 Å². The van der Waals surface area contributed by atoms with Gasteiger partial charge in [-0.2, -0.15) is 5.26 Å². The van der Waals surface area contributed by atoms with E-state index in [1.54, 1.807) is 16.3 Å². The molecule has 1 fully saturated rings. The Kier molecular flexibility index (Phi) is 5.12. The summed E-state index contributed by atoms with van der Waals surface area (Å²) in [7, 11) is 0. The van der Waals surface area contributed by atoms with Crippen molar-refractivity contribution in [1.82, 2.24) is 20.1 Å². The third kappa shape index (κ3) is 4.11. The van der Waals surface area contributed by atoms with E-state index in [0.717, 1.165) is 31.0 Å². The van der Waals surface area contributed by atoms with Gasteiger partial charge < -0.3 is 0 Å². The molecule has 0 amide bonds. The summed E-state index contributed by atoms with van der Waals surface area (Å²) >= 11 is 1.56. The first-order chi connectivity index (χ1) is 9.99. The van der Waals surface area contributed by atoms with Gasteiger partial charge in [-0.15, -0.1) is 5.10 Å². The van der Waals surface area contributed by atoms with E-state index < -0.39 is 5.54 Å². The molecule has 2 unspecified atom stereocenters. The van der Waals surface area contributed by atoms with Gasteiger partial charge in [0, 0.05) is 11.3 Å². The second-order valence-electron chi connectivity index (χ2n) is 5.92. The molecule has 1 heterocycles. The molecular weight excluding hydrogens is 286 g/mol. The van der Waals surface area contributed by atoms with Gasteiger partial charge in [-0.1, -0.05) is 25.6 Å². The molecule has 116 valence electrons. The van der Waals surface area contributed by atoms with E-state index in [2.05, 4.69) is 35.4 Å². The van der Waals surface area contributed by atoms with E-state index >= 15 is 0 Å². The Balaban J connectivity index is 2.00. The Bertz CT molecular complexity index is 571. The average molecular weight is 309 g/mol. The molecule has 0 aromatic carbocycles. The summed E-state index contributed by atoms with van der Waals surface area (Å²) in [5.41, 5.74) is -0.664. The summed E-state index contributed by atoms with van der Waals surface area (Å²) in [4.78, 5) is 11.8. The van der Waals surface area contributed by atoms with Crippen LogP contribution in [0, 0.1) is 11.3 Å². The maximum Gasteiger partial charge on any atom is 0.344 e. The lowest BCUT2D eigenvalue weighted by Crippen LogP contribution is -2.43. The van der Waals surface area contributed by atoms with E-state index in [0.29, 0.717) is 12.5 Å². The first-order valence-corrected chi connectivity index (χ1v) is 8.37. The van der Waals surface area contributed by atoms with Crippen molar-refractivity contribution >= 4 is 11.8 Å². The van der Waals surface area contributed by atoms with Crippen LogP contribution in [0.4, 0.5) is 0 Å². The molecule has 1 aliphatic carbocycles. The number of aromatic nitrogens is 3. The number of hydrogen-bond acceptors (Lipinski definition) is 5. The first-order valence-electron chi connectivity index (χ1n) is 7.49. The largest absolute Gasteiger partial charge is 0.344 e. The quantitative estimate of drug-likeness (QED) is 0.718. The summed E-state index contributed by atoms with van der Waals surface area (Å²) in [6.45, 7) is 6.92. The first kappa shape index (κ1) is 16.1. The Morgan fingerprint density at radius 1 is 1.67 bits per heavy atom. The summed E-state index contributed by atoms with van der Waals surface area (Å²) in [5.74, 6) is 0. The predicted molar refractivity (Wildman–Crippen MR) is 83.4 cm³/mol. The van der Waals surface area contributed by atoms with E-state index in [4.69, 9.17) is 0 Å². The molecule has 6 nitrogen and oxygen atoms in total. The maximum absolute atomic E-state index is 11.8. The molecule has 21 heavy (non-hydrogen) atoms. The summed E-state index contributed by atoms with van der Waals surface area (Å²) in [6.07, 6.45) is 3.81. The smallest absolute Gasteiger partial charge is 0.300 e. The molecule has 0 bridgehead atoms. The van der Waals surface area contributed by atoms with Crippen LogP contribution < -0.4 is 11.0 Å². The third-order valence-corrected chi connectivity index (χ3v) is 4.67. The minimum absolute atomic E-state index is 0.126. The predicted octanol–water partition coefficient (Wildman–Crippen LogP) is 2.06. The Morgan fingerprint density at radius 3 is 2.95 bits per heavy atom. The van der Waals surface area contributed by atoms with Crippen LogP contribution >= 0.6 is 11.8 Å². The maximum atomic E-state index is 11.8. The zero-order chi connectivity index (χ0) is 15.5. The van der Waals surface area contributed by atoms with Gasteiger partial charge in [0.05, 0.1) is 6.07 Å². The van der Waals surface area contributed by atoms with Crippen molar-refractivity contribution < 1.29 is 0 Å². The zero-order valence-corrected chi connectivity index (χ0v) is 13.7. The van der Waals surface area contributed by atoms with Gasteiger partial charge in [-0.05, 0) is 39.2 Å². The van der Waals surface area contributed by atoms with Gasteiger partial charge in [-0.3, -0.25) is 9.88 Å². The molecule has 2 rings (SSSR count). The van der Waals surface area contributed by atoms with Crippen LogP contribution in [0.2, 0.25) is 0 Å². The summed E-state index contributed by atoms with van der Waals surface area (Å²) < 4.78 is 1.75. The Hall–Kier alpha value is -1.26. The molecule has 1 saturated carbocycles. The van der Waals surface area contributed by atoms with E-state index in [-0.39, 0.29) is 10.9 Å². The van der Waals surface area contributed by atoms with Gasteiger partial charge >= 0.3 is 5.69 Å². The van der Waals surface area contributed by atoms with Crippen LogP contribution in [-0.2, 0) is 0 Å². The van der Waals surface area contributed by atoms with Gasteiger partial charge in [-0.25, -0.2) is 9.89 Å². The Morgan fingerprint density at radius 2 is 2.38 bits per heavy atom. The number of nitriles is 1. The highest BCUT2D eigenvalue weighted by molar-refractivity contribution is 7.99. The standard InChI is InChI=1S/C14H23N5OS/c1-4-7-16-14(3,9-15)8-10(2)21-13-18-17-12(20)19(13)11-5-6-11/h10-11,16H,4-8H2,1-3H3,(H,17,20). The van der Waals surface area contributed by atoms with Crippen LogP contribution in [0.3, 0.4) is 0 Å². The number of thioether (sulfide) groups is 1. The SMILES string of the molecule is CCCNC(C)(C#N)CC(C)Sc1n[nH]c(=O)n1C1CC1. The van der Waals surface area contributed by atoms with Crippen LogP contribution in [-0.4, -0.2) is 32.1 Å². The van der Waals surface area contributed by atoms with Crippen molar-refractivity contribution in [3.63, 3.8) is 0 Å². The van der Waals surface area contributed by atoms with Crippen molar-refractivity contribution in [2.45, 2.75) is 68.4 Å².